The Balaban J connectivity index is 2.55. The van der Waals surface area contributed by atoms with E-state index in [1.54, 1.807) is 12.1 Å². The second-order valence-corrected chi connectivity index (χ2v) is 7.13. The summed E-state index contributed by atoms with van der Waals surface area (Å²) in [5, 5.41) is 0.623. The molecule has 0 heterocycles. The van der Waals surface area contributed by atoms with Gasteiger partial charge >= 0.3 is 0 Å². The summed E-state index contributed by atoms with van der Waals surface area (Å²) in [6.07, 6.45) is 0. The molecule has 0 aliphatic carbocycles. The van der Waals surface area contributed by atoms with Crippen molar-refractivity contribution < 1.29 is 9.13 Å². The highest BCUT2D eigenvalue weighted by Crippen LogP contribution is 2.42. The van der Waals surface area contributed by atoms with Crippen LogP contribution in [0.25, 0.3) is 0 Å². The van der Waals surface area contributed by atoms with E-state index >= 15 is 0 Å². The molecule has 0 fully saturated rings. The van der Waals surface area contributed by atoms with Crippen molar-refractivity contribution in [2.75, 3.05) is 7.11 Å². The highest BCUT2D eigenvalue weighted by Gasteiger charge is 2.20. The lowest BCUT2D eigenvalue weighted by molar-refractivity contribution is 0.406. The lowest BCUT2D eigenvalue weighted by atomic mass is 10.0. The predicted molar refractivity (Wildman–Crippen MR) is 90.6 cm³/mol. The second-order valence-electron chi connectivity index (χ2n) is 4.04. The van der Waals surface area contributed by atoms with E-state index in [1.165, 1.54) is 13.2 Å². The number of benzene rings is 2. The van der Waals surface area contributed by atoms with E-state index in [9.17, 15) is 4.39 Å². The topological polar surface area (TPSA) is 9.23 Å². The Hall–Kier alpha value is -0.100. The van der Waals surface area contributed by atoms with Gasteiger partial charge in [-0.15, -0.1) is 0 Å². The van der Waals surface area contributed by atoms with Gasteiger partial charge in [-0.1, -0.05) is 43.5 Å². The second kappa shape index (κ2) is 6.77. The van der Waals surface area contributed by atoms with Crippen LogP contribution in [0, 0.1) is 5.82 Å². The summed E-state index contributed by atoms with van der Waals surface area (Å²) in [7, 11) is 1.51. The summed E-state index contributed by atoms with van der Waals surface area (Å²) in [6.45, 7) is 0. The lowest BCUT2D eigenvalue weighted by Gasteiger charge is -2.17. The number of halogens is 5. The molecule has 2 aromatic carbocycles. The first-order valence-corrected chi connectivity index (χ1v) is 8.44. The number of methoxy groups -OCH3 is 1. The zero-order chi connectivity index (χ0) is 14.9. The molecule has 0 saturated heterocycles. The Morgan fingerprint density at radius 1 is 1.15 bits per heavy atom. The van der Waals surface area contributed by atoms with Crippen molar-refractivity contribution in [3.8, 4) is 5.75 Å². The van der Waals surface area contributed by atoms with Crippen molar-refractivity contribution in [3.05, 3.63) is 61.2 Å². The molecule has 0 radical (unpaired) electrons. The van der Waals surface area contributed by atoms with Crippen LogP contribution in [-0.2, 0) is 0 Å². The van der Waals surface area contributed by atoms with Crippen molar-refractivity contribution >= 4 is 59.4 Å². The van der Waals surface area contributed by atoms with E-state index in [4.69, 9.17) is 16.3 Å². The number of ether oxygens (including phenoxy) is 1. The predicted octanol–water partition coefficient (Wildman–Crippen LogP) is 6.50. The first kappa shape index (κ1) is 16.3. The van der Waals surface area contributed by atoms with Crippen molar-refractivity contribution in [1.29, 1.82) is 0 Å². The molecule has 0 aliphatic heterocycles. The van der Waals surface area contributed by atoms with Gasteiger partial charge in [-0.3, -0.25) is 0 Å². The molecule has 0 aliphatic rings. The van der Waals surface area contributed by atoms with Gasteiger partial charge in [0, 0.05) is 21.1 Å². The Kier molecular flexibility index (Phi) is 5.51. The minimum Gasteiger partial charge on any atom is -0.496 e. The Morgan fingerprint density at radius 3 is 2.50 bits per heavy atom. The highest BCUT2D eigenvalue weighted by molar-refractivity contribution is 9.11. The van der Waals surface area contributed by atoms with E-state index in [0.717, 1.165) is 15.6 Å². The first-order valence-electron chi connectivity index (χ1n) is 5.56. The molecule has 2 aromatic rings. The van der Waals surface area contributed by atoms with E-state index in [1.807, 2.05) is 12.1 Å². The molecule has 6 heteroatoms. The molecule has 0 bridgehead atoms. The molecule has 2 rings (SSSR count). The smallest absolute Gasteiger partial charge is 0.141 e. The molecule has 0 spiro atoms. The van der Waals surface area contributed by atoms with Crippen LogP contribution in [0.3, 0.4) is 0 Å². The average molecular weight is 487 g/mol. The highest BCUT2D eigenvalue weighted by atomic mass is 79.9. The third kappa shape index (κ3) is 3.38. The third-order valence-electron chi connectivity index (χ3n) is 2.78. The minimum atomic E-state index is -0.370. The largest absolute Gasteiger partial charge is 0.496 e. The summed E-state index contributed by atoms with van der Waals surface area (Å²) in [5.41, 5.74) is 1.67. The van der Waals surface area contributed by atoms with Crippen LogP contribution < -0.4 is 4.74 Å². The monoisotopic (exact) mass is 484 g/mol. The van der Waals surface area contributed by atoms with Crippen molar-refractivity contribution in [2.24, 2.45) is 0 Å². The van der Waals surface area contributed by atoms with E-state index < -0.39 is 0 Å². The van der Waals surface area contributed by atoms with Gasteiger partial charge < -0.3 is 4.74 Å². The molecular formula is C14H9Br3ClFO. The van der Waals surface area contributed by atoms with E-state index in [0.29, 0.717) is 15.2 Å². The Labute approximate surface area is 146 Å². The zero-order valence-electron chi connectivity index (χ0n) is 10.3. The van der Waals surface area contributed by atoms with Gasteiger partial charge in [0.25, 0.3) is 0 Å². The van der Waals surface area contributed by atoms with Gasteiger partial charge in [-0.25, -0.2) is 4.39 Å². The summed E-state index contributed by atoms with van der Waals surface area (Å²) < 4.78 is 20.1. The van der Waals surface area contributed by atoms with Crippen LogP contribution in [0.5, 0.6) is 5.75 Å². The normalized spacial score (nSPS) is 12.3. The molecule has 106 valence electrons. The van der Waals surface area contributed by atoms with E-state index in [2.05, 4.69) is 47.8 Å². The first-order chi connectivity index (χ1) is 9.43. The van der Waals surface area contributed by atoms with Gasteiger partial charge in [0.1, 0.15) is 11.6 Å². The van der Waals surface area contributed by atoms with Gasteiger partial charge in [-0.2, -0.15) is 0 Å². The van der Waals surface area contributed by atoms with Crippen LogP contribution >= 0.6 is 59.4 Å². The summed E-state index contributed by atoms with van der Waals surface area (Å²) >= 11 is 16.4. The maximum Gasteiger partial charge on any atom is 0.141 e. The zero-order valence-corrected chi connectivity index (χ0v) is 15.8. The molecule has 0 N–H and O–H groups in total. The number of hydrogen-bond donors (Lipinski definition) is 0. The number of hydrogen-bond acceptors (Lipinski definition) is 1. The van der Waals surface area contributed by atoms with Crippen LogP contribution in [0.2, 0.25) is 5.02 Å². The van der Waals surface area contributed by atoms with Crippen LogP contribution in [0.4, 0.5) is 4.39 Å². The number of rotatable bonds is 3. The fourth-order valence-corrected chi connectivity index (χ4v) is 3.63. The summed E-state index contributed by atoms with van der Waals surface area (Å²) in [6, 6.07) is 8.62. The van der Waals surface area contributed by atoms with Crippen LogP contribution in [0.1, 0.15) is 16.0 Å². The third-order valence-corrected chi connectivity index (χ3v) is 5.21. The van der Waals surface area contributed by atoms with Crippen molar-refractivity contribution in [2.45, 2.75) is 4.83 Å². The van der Waals surface area contributed by atoms with Crippen LogP contribution in [-0.4, -0.2) is 7.11 Å². The van der Waals surface area contributed by atoms with E-state index in [-0.39, 0.29) is 10.6 Å². The summed E-state index contributed by atoms with van der Waals surface area (Å²) in [4.78, 5) is -0.209. The van der Waals surface area contributed by atoms with Crippen molar-refractivity contribution in [3.63, 3.8) is 0 Å². The standard InChI is InChI=1S/C14H9Br3ClFO/c1-20-13-6-12(19)10(16)5-9(13)14(17)8-4-7(15)2-3-11(8)18/h2-6,14H,1H3. The summed E-state index contributed by atoms with van der Waals surface area (Å²) in [5.74, 6) is 0.0919. The quantitative estimate of drug-likeness (QED) is 0.450. The maximum absolute atomic E-state index is 13.6. The average Bonchev–Trinajstić information content (AvgIpc) is 2.43. The fraction of sp³-hybridized carbons (Fsp3) is 0.143. The van der Waals surface area contributed by atoms with Gasteiger partial charge in [-0.05, 0) is 45.8 Å². The molecule has 0 aromatic heterocycles. The molecule has 0 amide bonds. The maximum atomic E-state index is 13.6. The lowest BCUT2D eigenvalue weighted by Crippen LogP contribution is -1.99. The Morgan fingerprint density at radius 2 is 1.85 bits per heavy atom. The fourth-order valence-electron chi connectivity index (χ4n) is 1.80. The van der Waals surface area contributed by atoms with Gasteiger partial charge in [0.2, 0.25) is 0 Å². The van der Waals surface area contributed by atoms with Crippen molar-refractivity contribution in [1.82, 2.24) is 0 Å². The SMILES string of the molecule is COc1cc(F)c(Br)cc1C(Br)c1cc(Br)ccc1Cl. The minimum absolute atomic E-state index is 0.209. The molecule has 0 saturated carbocycles. The molecule has 1 unspecified atom stereocenters. The molecule has 1 nitrogen and oxygen atoms in total. The molecule has 20 heavy (non-hydrogen) atoms. The van der Waals surface area contributed by atoms with Crippen LogP contribution in [0.15, 0.2) is 39.3 Å². The van der Waals surface area contributed by atoms with Gasteiger partial charge in [0.15, 0.2) is 0 Å². The molecule has 1 atom stereocenters. The molecular weight excluding hydrogens is 478 g/mol. The number of alkyl halides is 1. The van der Waals surface area contributed by atoms with Gasteiger partial charge in [0.05, 0.1) is 16.4 Å². The Bertz CT molecular complexity index is 649.